The van der Waals surface area contributed by atoms with E-state index in [-0.39, 0.29) is 22.5 Å². The molecule has 0 aliphatic heterocycles. The molecule has 8 heteroatoms. The van der Waals surface area contributed by atoms with Crippen LogP contribution in [-0.2, 0) is 0 Å². The normalized spacial score (nSPS) is 14.8. The highest BCUT2D eigenvalue weighted by atomic mass is 16.6. The maximum atomic E-state index is 11.6. The Kier molecular flexibility index (Phi) is 4.78. The molecule has 1 N–H and O–H groups in total. The van der Waals surface area contributed by atoms with Gasteiger partial charge in [0.05, 0.1) is 4.92 Å². The summed E-state index contributed by atoms with van der Waals surface area (Å²) in [4.78, 5) is 19.7. The van der Waals surface area contributed by atoms with Gasteiger partial charge < -0.3 is 9.84 Å². The van der Waals surface area contributed by atoms with Crippen LogP contribution >= 0.6 is 0 Å². The van der Waals surface area contributed by atoms with E-state index in [4.69, 9.17) is 4.52 Å². The Morgan fingerprint density at radius 2 is 2.00 bits per heavy atom. The van der Waals surface area contributed by atoms with Crippen molar-refractivity contribution in [1.82, 2.24) is 15.1 Å². The van der Waals surface area contributed by atoms with Crippen LogP contribution in [0.5, 0.6) is 0 Å². The second kappa shape index (κ2) is 7.53. The van der Waals surface area contributed by atoms with E-state index in [1.807, 2.05) is 6.07 Å². The zero-order valence-corrected chi connectivity index (χ0v) is 14.7. The summed E-state index contributed by atoms with van der Waals surface area (Å²) in [5.41, 5.74) is 1.63. The molecule has 0 spiro atoms. The number of benzene rings is 1. The second-order valence-electron chi connectivity index (χ2n) is 6.61. The fraction of sp³-hybridized carbons (Fsp3) is 0.316. The largest absolute Gasteiger partial charge is 0.377 e. The maximum absolute atomic E-state index is 11.6. The van der Waals surface area contributed by atoms with Crippen LogP contribution < -0.4 is 5.32 Å². The van der Waals surface area contributed by atoms with Crippen molar-refractivity contribution in [2.45, 2.75) is 38.1 Å². The molecule has 0 bridgehead atoms. The first-order valence-corrected chi connectivity index (χ1v) is 9.01. The van der Waals surface area contributed by atoms with E-state index in [0.29, 0.717) is 22.8 Å². The molecule has 0 unspecified atom stereocenters. The lowest BCUT2D eigenvalue weighted by atomic mass is 9.95. The molecular weight excluding hydrogens is 346 g/mol. The highest BCUT2D eigenvalue weighted by Gasteiger charge is 2.21. The second-order valence-corrected chi connectivity index (χ2v) is 6.61. The van der Waals surface area contributed by atoms with E-state index in [1.165, 1.54) is 12.5 Å². The third-order valence-corrected chi connectivity index (χ3v) is 4.73. The minimum absolute atomic E-state index is 0.0160. The van der Waals surface area contributed by atoms with E-state index in [1.54, 1.807) is 30.5 Å². The van der Waals surface area contributed by atoms with Crippen molar-refractivity contribution in [2.75, 3.05) is 5.32 Å². The van der Waals surface area contributed by atoms with E-state index in [0.717, 1.165) is 25.7 Å². The smallest absolute Gasteiger partial charge is 0.293 e. The number of pyridine rings is 1. The standard InChI is InChI=1S/C19H19N5O3/c25-24(26)17-12-13(9-10-15(17)21-14-6-2-1-3-7-14)18-22-19(27-23-18)16-8-4-5-11-20-16/h4-5,8-12,14,21H,1-3,6-7H2. The van der Waals surface area contributed by atoms with Gasteiger partial charge in [-0.25, -0.2) is 0 Å². The summed E-state index contributed by atoms with van der Waals surface area (Å²) < 4.78 is 5.25. The molecule has 2 aromatic heterocycles. The van der Waals surface area contributed by atoms with Crippen molar-refractivity contribution in [1.29, 1.82) is 0 Å². The Morgan fingerprint density at radius 3 is 2.74 bits per heavy atom. The number of hydrogen-bond acceptors (Lipinski definition) is 7. The Balaban J connectivity index is 1.61. The molecule has 0 radical (unpaired) electrons. The topological polar surface area (TPSA) is 107 Å². The Labute approximate surface area is 155 Å². The third kappa shape index (κ3) is 3.79. The molecule has 4 rings (SSSR count). The van der Waals surface area contributed by atoms with Crippen LogP contribution in [0.2, 0.25) is 0 Å². The van der Waals surface area contributed by atoms with Gasteiger partial charge in [-0.3, -0.25) is 15.1 Å². The lowest BCUT2D eigenvalue weighted by molar-refractivity contribution is -0.383. The average molecular weight is 365 g/mol. The fourth-order valence-corrected chi connectivity index (χ4v) is 3.34. The van der Waals surface area contributed by atoms with Crippen molar-refractivity contribution in [3.05, 3.63) is 52.7 Å². The zero-order valence-electron chi connectivity index (χ0n) is 14.7. The van der Waals surface area contributed by atoms with Gasteiger partial charge in [0.1, 0.15) is 11.4 Å². The first-order chi connectivity index (χ1) is 13.2. The predicted octanol–water partition coefficient (Wildman–Crippen LogP) is 4.45. The maximum Gasteiger partial charge on any atom is 0.293 e. The van der Waals surface area contributed by atoms with Crippen LogP contribution in [0, 0.1) is 10.1 Å². The molecule has 3 aromatic rings. The lowest BCUT2D eigenvalue weighted by Crippen LogP contribution is -2.22. The summed E-state index contributed by atoms with van der Waals surface area (Å²) in [5.74, 6) is 0.570. The minimum atomic E-state index is -0.381. The SMILES string of the molecule is O=[N+]([O-])c1cc(-c2noc(-c3ccccn3)n2)ccc1NC1CCCCC1. The average Bonchev–Trinajstić information content (AvgIpc) is 3.20. The summed E-state index contributed by atoms with van der Waals surface area (Å²) >= 11 is 0. The highest BCUT2D eigenvalue weighted by Crippen LogP contribution is 2.32. The Morgan fingerprint density at radius 1 is 1.15 bits per heavy atom. The van der Waals surface area contributed by atoms with Crippen LogP contribution in [0.3, 0.4) is 0 Å². The monoisotopic (exact) mass is 365 g/mol. The molecule has 138 valence electrons. The van der Waals surface area contributed by atoms with Crippen molar-refractivity contribution >= 4 is 11.4 Å². The van der Waals surface area contributed by atoms with Crippen LogP contribution in [0.25, 0.3) is 23.0 Å². The van der Waals surface area contributed by atoms with Crippen molar-refractivity contribution < 1.29 is 9.45 Å². The van der Waals surface area contributed by atoms with Gasteiger partial charge >= 0.3 is 0 Å². The molecular formula is C19H19N5O3. The number of aromatic nitrogens is 3. The highest BCUT2D eigenvalue weighted by molar-refractivity contribution is 5.71. The number of nitro groups is 1. The quantitative estimate of drug-likeness (QED) is 0.525. The van der Waals surface area contributed by atoms with E-state index < -0.39 is 0 Å². The molecule has 8 nitrogen and oxygen atoms in total. The number of rotatable bonds is 5. The van der Waals surface area contributed by atoms with Gasteiger partial charge in [-0.1, -0.05) is 30.5 Å². The predicted molar refractivity (Wildman–Crippen MR) is 100 cm³/mol. The number of nitrogens with one attached hydrogen (secondary N) is 1. The first kappa shape index (κ1) is 17.1. The summed E-state index contributed by atoms with van der Waals surface area (Å²) in [6, 6.07) is 10.6. The van der Waals surface area contributed by atoms with Gasteiger partial charge in [-0.2, -0.15) is 4.98 Å². The third-order valence-electron chi connectivity index (χ3n) is 4.73. The number of nitro benzene ring substituents is 1. The molecule has 1 aliphatic rings. The molecule has 1 aromatic carbocycles. The van der Waals surface area contributed by atoms with Crippen molar-refractivity contribution in [3.63, 3.8) is 0 Å². The van der Waals surface area contributed by atoms with Gasteiger partial charge in [-0.15, -0.1) is 0 Å². The molecule has 1 saturated carbocycles. The minimum Gasteiger partial charge on any atom is -0.377 e. The molecule has 1 aliphatic carbocycles. The Bertz CT molecular complexity index is 936. The zero-order chi connectivity index (χ0) is 18.6. The van der Waals surface area contributed by atoms with E-state index >= 15 is 0 Å². The van der Waals surface area contributed by atoms with E-state index in [2.05, 4.69) is 20.4 Å². The van der Waals surface area contributed by atoms with Gasteiger partial charge in [0, 0.05) is 23.9 Å². The van der Waals surface area contributed by atoms with Crippen LogP contribution in [0.4, 0.5) is 11.4 Å². The molecule has 27 heavy (non-hydrogen) atoms. The van der Waals surface area contributed by atoms with Crippen molar-refractivity contribution in [3.8, 4) is 23.0 Å². The molecule has 0 amide bonds. The summed E-state index contributed by atoms with van der Waals surface area (Å²) in [6.07, 6.45) is 7.26. The molecule has 1 fully saturated rings. The number of hydrogen-bond donors (Lipinski definition) is 1. The fourth-order valence-electron chi connectivity index (χ4n) is 3.34. The van der Waals surface area contributed by atoms with Crippen LogP contribution in [-0.4, -0.2) is 26.1 Å². The molecule has 0 saturated heterocycles. The number of anilines is 1. The van der Waals surface area contributed by atoms with Crippen molar-refractivity contribution in [2.24, 2.45) is 0 Å². The van der Waals surface area contributed by atoms with Crippen LogP contribution in [0.15, 0.2) is 47.1 Å². The summed E-state index contributed by atoms with van der Waals surface area (Å²) in [6.45, 7) is 0. The lowest BCUT2D eigenvalue weighted by Gasteiger charge is -2.23. The number of nitrogens with zero attached hydrogens (tertiary/aromatic N) is 4. The van der Waals surface area contributed by atoms with Gasteiger partial charge in [-0.05, 0) is 37.1 Å². The van der Waals surface area contributed by atoms with Crippen LogP contribution in [0.1, 0.15) is 32.1 Å². The Hall–Kier alpha value is -3.29. The summed E-state index contributed by atoms with van der Waals surface area (Å²) in [7, 11) is 0. The van der Waals surface area contributed by atoms with Gasteiger partial charge in [0.25, 0.3) is 11.6 Å². The van der Waals surface area contributed by atoms with Gasteiger partial charge in [0.15, 0.2) is 0 Å². The molecule has 2 heterocycles. The van der Waals surface area contributed by atoms with E-state index in [9.17, 15) is 10.1 Å². The first-order valence-electron chi connectivity index (χ1n) is 9.01. The summed E-state index contributed by atoms with van der Waals surface area (Å²) in [5, 5.41) is 18.8. The molecule has 0 atom stereocenters. The van der Waals surface area contributed by atoms with Gasteiger partial charge in [0.2, 0.25) is 5.82 Å².